The van der Waals surface area contributed by atoms with Crippen LogP contribution in [0.5, 0.6) is 5.75 Å². The second-order valence-electron chi connectivity index (χ2n) is 4.34. The molecule has 0 aliphatic heterocycles. The fourth-order valence-corrected chi connectivity index (χ4v) is 1.59. The lowest BCUT2D eigenvalue weighted by Gasteiger charge is -2.14. The first-order valence-electron chi connectivity index (χ1n) is 5.98. The maximum atomic E-state index is 12.0. The van der Waals surface area contributed by atoms with Gasteiger partial charge in [-0.25, -0.2) is 0 Å². The summed E-state index contributed by atoms with van der Waals surface area (Å²) in [4.78, 5) is 23.1. The highest BCUT2D eigenvalue weighted by Gasteiger charge is 2.30. The molecule has 0 heterocycles. The van der Waals surface area contributed by atoms with Crippen LogP contribution in [0.25, 0.3) is 0 Å². The Kier molecular flexibility index (Phi) is 5.57. The molecule has 8 heteroatoms. The van der Waals surface area contributed by atoms with Gasteiger partial charge < -0.3 is 14.7 Å². The molecule has 0 atom stereocenters. The van der Waals surface area contributed by atoms with Gasteiger partial charge in [-0.2, -0.15) is 0 Å². The van der Waals surface area contributed by atoms with Crippen molar-refractivity contribution in [2.45, 2.75) is 19.2 Å². The summed E-state index contributed by atoms with van der Waals surface area (Å²) >= 11 is 0. The molecular weight excluding hydrogens is 291 g/mol. The topological polar surface area (TPSA) is 66.8 Å². The number of carbonyl (C=O) groups excluding carboxylic acids is 1. The minimum Gasteiger partial charge on any atom is -0.480 e. The van der Waals surface area contributed by atoms with E-state index in [1.54, 1.807) is 0 Å². The van der Waals surface area contributed by atoms with Crippen molar-refractivity contribution < 1.29 is 32.6 Å². The third kappa shape index (κ3) is 6.64. The quantitative estimate of drug-likeness (QED) is 0.873. The Hall–Kier alpha value is -2.25. The van der Waals surface area contributed by atoms with Crippen LogP contribution in [0, 0.1) is 0 Å². The fourth-order valence-electron chi connectivity index (χ4n) is 1.59. The van der Waals surface area contributed by atoms with E-state index in [0.717, 1.165) is 17.0 Å². The van der Waals surface area contributed by atoms with Crippen LogP contribution in [0.2, 0.25) is 0 Å². The summed E-state index contributed by atoms with van der Waals surface area (Å²) in [7, 11) is 1.37. The summed E-state index contributed by atoms with van der Waals surface area (Å²) < 4.78 is 39.6. The van der Waals surface area contributed by atoms with Gasteiger partial charge in [0.2, 0.25) is 5.91 Å². The van der Waals surface area contributed by atoms with Crippen molar-refractivity contribution in [1.29, 1.82) is 0 Å². The third-order valence-corrected chi connectivity index (χ3v) is 2.58. The SMILES string of the molecule is CN(CC(=O)O)C(=O)CCc1ccc(OC(F)(F)F)cc1. The number of amides is 1. The van der Waals surface area contributed by atoms with Crippen molar-refractivity contribution >= 4 is 11.9 Å². The predicted molar refractivity (Wildman–Crippen MR) is 66.7 cm³/mol. The Morgan fingerprint density at radius 1 is 1.24 bits per heavy atom. The van der Waals surface area contributed by atoms with Crippen LogP contribution in [-0.4, -0.2) is 41.8 Å². The van der Waals surface area contributed by atoms with Crippen molar-refractivity contribution in [3.05, 3.63) is 29.8 Å². The number of alkyl halides is 3. The zero-order valence-corrected chi connectivity index (χ0v) is 11.2. The number of likely N-dealkylation sites (N-methyl/N-ethyl adjacent to an activating group) is 1. The van der Waals surface area contributed by atoms with Gasteiger partial charge in [0.15, 0.2) is 0 Å². The normalized spacial score (nSPS) is 11.0. The second kappa shape index (κ2) is 6.96. The number of rotatable bonds is 6. The molecule has 1 aromatic rings. The minimum absolute atomic E-state index is 0.0727. The molecule has 116 valence electrons. The van der Waals surface area contributed by atoms with Gasteiger partial charge in [0, 0.05) is 13.5 Å². The van der Waals surface area contributed by atoms with E-state index >= 15 is 0 Å². The minimum atomic E-state index is -4.74. The Morgan fingerprint density at radius 3 is 2.29 bits per heavy atom. The van der Waals surface area contributed by atoms with Crippen LogP contribution in [0.1, 0.15) is 12.0 Å². The zero-order chi connectivity index (χ0) is 16.0. The van der Waals surface area contributed by atoms with E-state index in [9.17, 15) is 22.8 Å². The summed E-state index contributed by atoms with van der Waals surface area (Å²) in [5.74, 6) is -1.80. The first-order valence-corrected chi connectivity index (χ1v) is 5.98. The molecule has 0 aliphatic carbocycles. The van der Waals surface area contributed by atoms with E-state index < -0.39 is 18.9 Å². The van der Waals surface area contributed by atoms with Crippen LogP contribution >= 0.6 is 0 Å². The van der Waals surface area contributed by atoms with Gasteiger partial charge in [-0.1, -0.05) is 12.1 Å². The van der Waals surface area contributed by atoms with Crippen molar-refractivity contribution in [3.8, 4) is 5.75 Å². The third-order valence-electron chi connectivity index (χ3n) is 2.58. The number of aliphatic carboxylic acids is 1. The molecular formula is C13H14F3NO4. The van der Waals surface area contributed by atoms with E-state index in [0.29, 0.717) is 12.0 Å². The maximum Gasteiger partial charge on any atom is 0.573 e. The molecule has 0 fully saturated rings. The average Bonchev–Trinajstić information content (AvgIpc) is 2.35. The summed E-state index contributed by atoms with van der Waals surface area (Å²) in [5.41, 5.74) is 0.654. The maximum absolute atomic E-state index is 12.0. The van der Waals surface area contributed by atoms with Gasteiger partial charge in [-0.3, -0.25) is 9.59 Å². The molecule has 1 rings (SSSR count). The average molecular weight is 305 g/mol. The zero-order valence-electron chi connectivity index (χ0n) is 11.2. The summed E-state index contributed by atoms with van der Waals surface area (Å²) in [6, 6.07) is 5.17. The first kappa shape index (κ1) is 16.8. The van der Waals surface area contributed by atoms with Crippen LogP contribution in [0.15, 0.2) is 24.3 Å². The highest BCUT2D eigenvalue weighted by molar-refractivity contribution is 5.81. The van der Waals surface area contributed by atoms with Crippen LogP contribution in [0.3, 0.4) is 0 Å². The fraction of sp³-hybridized carbons (Fsp3) is 0.385. The molecule has 1 amide bonds. The standard InChI is InChI=1S/C13H14F3NO4/c1-17(8-12(19)20)11(18)7-4-9-2-5-10(6-3-9)21-13(14,15)16/h2-3,5-6H,4,7-8H2,1H3,(H,19,20). The second-order valence-corrected chi connectivity index (χ2v) is 4.34. The van der Waals surface area contributed by atoms with E-state index in [4.69, 9.17) is 5.11 Å². The van der Waals surface area contributed by atoms with Gasteiger partial charge in [-0.15, -0.1) is 13.2 Å². The molecule has 0 aromatic heterocycles. The van der Waals surface area contributed by atoms with E-state index in [1.807, 2.05) is 0 Å². The number of aryl methyl sites for hydroxylation is 1. The van der Waals surface area contributed by atoms with Crippen molar-refractivity contribution in [2.75, 3.05) is 13.6 Å². The van der Waals surface area contributed by atoms with Crippen molar-refractivity contribution in [1.82, 2.24) is 4.90 Å². The van der Waals surface area contributed by atoms with Crippen LogP contribution in [0.4, 0.5) is 13.2 Å². The number of hydrogen-bond donors (Lipinski definition) is 1. The number of hydrogen-bond acceptors (Lipinski definition) is 3. The number of carboxylic acid groups (broad SMARTS) is 1. The lowest BCUT2D eigenvalue weighted by Crippen LogP contribution is -2.32. The highest BCUT2D eigenvalue weighted by Crippen LogP contribution is 2.23. The Morgan fingerprint density at radius 2 is 1.81 bits per heavy atom. The molecule has 0 bridgehead atoms. The van der Waals surface area contributed by atoms with E-state index in [-0.39, 0.29) is 18.1 Å². The molecule has 1 N–H and O–H groups in total. The number of nitrogens with zero attached hydrogens (tertiary/aromatic N) is 1. The number of ether oxygens (including phenoxy) is 1. The highest BCUT2D eigenvalue weighted by atomic mass is 19.4. The first-order chi connectivity index (χ1) is 9.67. The number of benzene rings is 1. The number of carboxylic acids is 1. The Balaban J connectivity index is 2.49. The monoisotopic (exact) mass is 305 g/mol. The van der Waals surface area contributed by atoms with Gasteiger partial charge in [0.1, 0.15) is 12.3 Å². The number of carbonyl (C=O) groups is 2. The summed E-state index contributed by atoms with van der Waals surface area (Å²) in [5, 5.41) is 8.54. The molecule has 0 saturated heterocycles. The smallest absolute Gasteiger partial charge is 0.480 e. The Labute approximate surface area is 118 Å². The van der Waals surface area contributed by atoms with Gasteiger partial charge in [0.05, 0.1) is 0 Å². The largest absolute Gasteiger partial charge is 0.573 e. The van der Waals surface area contributed by atoms with Gasteiger partial charge >= 0.3 is 12.3 Å². The lowest BCUT2D eigenvalue weighted by atomic mass is 10.1. The summed E-state index contributed by atoms with van der Waals surface area (Å²) in [6.45, 7) is -0.392. The lowest BCUT2D eigenvalue weighted by molar-refractivity contribution is -0.274. The molecule has 0 radical (unpaired) electrons. The van der Waals surface area contributed by atoms with E-state index in [1.165, 1.54) is 19.2 Å². The van der Waals surface area contributed by atoms with Crippen molar-refractivity contribution in [3.63, 3.8) is 0 Å². The molecule has 0 spiro atoms. The van der Waals surface area contributed by atoms with Crippen molar-refractivity contribution in [2.24, 2.45) is 0 Å². The van der Waals surface area contributed by atoms with Crippen LogP contribution in [-0.2, 0) is 16.0 Å². The van der Waals surface area contributed by atoms with E-state index in [2.05, 4.69) is 4.74 Å². The number of halogens is 3. The molecule has 0 aliphatic rings. The van der Waals surface area contributed by atoms with Gasteiger partial charge in [-0.05, 0) is 24.1 Å². The molecule has 1 aromatic carbocycles. The van der Waals surface area contributed by atoms with Crippen LogP contribution < -0.4 is 4.74 Å². The molecule has 0 unspecified atom stereocenters. The Bertz CT molecular complexity index is 499. The molecule has 21 heavy (non-hydrogen) atoms. The molecule has 0 saturated carbocycles. The summed E-state index contributed by atoms with van der Waals surface area (Å²) in [6.07, 6.45) is -4.37. The predicted octanol–water partition coefficient (Wildman–Crippen LogP) is 2.06. The van der Waals surface area contributed by atoms with Gasteiger partial charge in [0.25, 0.3) is 0 Å². The molecule has 5 nitrogen and oxygen atoms in total.